The molecule has 1 aliphatic heterocycles. The van der Waals surface area contributed by atoms with Gasteiger partial charge in [0.15, 0.2) is 0 Å². The Morgan fingerprint density at radius 1 is 0.812 bits per heavy atom. The van der Waals surface area contributed by atoms with Crippen LogP contribution < -0.4 is 0 Å². The van der Waals surface area contributed by atoms with Gasteiger partial charge in [-0.05, 0) is 24.0 Å². The van der Waals surface area contributed by atoms with E-state index in [1.807, 2.05) is 0 Å². The predicted octanol–water partition coefficient (Wildman–Crippen LogP) is 4.83. The van der Waals surface area contributed by atoms with Crippen LogP contribution in [0.5, 0.6) is 0 Å². The highest BCUT2D eigenvalue weighted by molar-refractivity contribution is 8.17. The molecule has 1 heterocycles. The van der Waals surface area contributed by atoms with E-state index in [4.69, 9.17) is 0 Å². The number of fused-ring (bicyclic) bond motifs is 1. The summed E-state index contributed by atoms with van der Waals surface area (Å²) in [6, 6.07) is 8.99. The molecule has 2 aliphatic rings. The molecule has 0 radical (unpaired) electrons. The van der Waals surface area contributed by atoms with Crippen LogP contribution in [-0.2, 0) is 11.5 Å². The molecule has 2 heteroatoms. The van der Waals surface area contributed by atoms with E-state index in [2.05, 4.69) is 47.8 Å². The molecule has 0 saturated heterocycles. The first-order valence-electron chi connectivity index (χ1n) is 6.23. The zero-order chi connectivity index (χ0) is 10.8. The van der Waals surface area contributed by atoms with Crippen molar-refractivity contribution >= 4 is 23.5 Å². The average Bonchev–Trinajstić information content (AvgIpc) is 2.52. The zero-order valence-corrected chi connectivity index (χ0v) is 11.2. The van der Waals surface area contributed by atoms with E-state index in [0.29, 0.717) is 4.08 Å². The van der Waals surface area contributed by atoms with Gasteiger partial charge in [-0.15, -0.1) is 23.5 Å². The topological polar surface area (TPSA) is 0 Å². The average molecular weight is 250 g/mol. The zero-order valence-electron chi connectivity index (χ0n) is 9.58. The molecule has 86 valence electrons. The number of hydrogen-bond donors (Lipinski definition) is 0. The first-order chi connectivity index (χ1) is 7.88. The maximum Gasteiger partial charge on any atom is 0.0617 e. The third-order valence-electron chi connectivity index (χ3n) is 3.72. The number of hydrogen-bond acceptors (Lipinski definition) is 2. The van der Waals surface area contributed by atoms with E-state index in [0.717, 1.165) is 0 Å². The van der Waals surface area contributed by atoms with Crippen LogP contribution in [-0.4, -0.2) is 4.08 Å². The van der Waals surface area contributed by atoms with Gasteiger partial charge in [-0.1, -0.05) is 43.5 Å². The quantitative estimate of drug-likeness (QED) is 0.647. The highest BCUT2D eigenvalue weighted by atomic mass is 32.2. The molecular formula is C14H18S2. The van der Waals surface area contributed by atoms with Crippen molar-refractivity contribution < 1.29 is 0 Å². The fourth-order valence-electron chi connectivity index (χ4n) is 2.68. The van der Waals surface area contributed by atoms with Gasteiger partial charge < -0.3 is 0 Å². The maximum absolute atomic E-state index is 2.31. The van der Waals surface area contributed by atoms with Gasteiger partial charge in [-0.25, -0.2) is 0 Å². The van der Waals surface area contributed by atoms with Gasteiger partial charge in [0.1, 0.15) is 0 Å². The minimum atomic E-state index is 0.553. The van der Waals surface area contributed by atoms with Crippen molar-refractivity contribution in [2.45, 2.75) is 47.7 Å². The Labute approximate surface area is 107 Å². The summed E-state index contributed by atoms with van der Waals surface area (Å²) in [5.41, 5.74) is 3.14. The second kappa shape index (κ2) is 4.66. The lowest BCUT2D eigenvalue weighted by molar-refractivity contribution is 0.490. The Hall–Kier alpha value is -0.0800. The predicted molar refractivity (Wildman–Crippen MR) is 74.8 cm³/mol. The molecule has 1 spiro atoms. The molecule has 0 aromatic heterocycles. The van der Waals surface area contributed by atoms with Crippen molar-refractivity contribution in [2.24, 2.45) is 0 Å². The molecular weight excluding hydrogens is 232 g/mol. The molecule has 0 atom stereocenters. The molecule has 1 aromatic rings. The monoisotopic (exact) mass is 250 g/mol. The Kier molecular flexibility index (Phi) is 3.21. The molecule has 0 amide bonds. The third-order valence-corrected chi connectivity index (χ3v) is 7.20. The number of benzene rings is 1. The SMILES string of the molecule is c1ccc2c(c1)CSC1(CCCCC1)SC2. The van der Waals surface area contributed by atoms with Gasteiger partial charge in [0.05, 0.1) is 4.08 Å². The summed E-state index contributed by atoms with van der Waals surface area (Å²) in [4.78, 5) is 0. The summed E-state index contributed by atoms with van der Waals surface area (Å²) in [6.07, 6.45) is 7.19. The van der Waals surface area contributed by atoms with E-state index in [1.54, 1.807) is 11.1 Å². The summed E-state index contributed by atoms with van der Waals surface area (Å²) >= 11 is 4.43. The van der Waals surface area contributed by atoms with Gasteiger partial charge in [0, 0.05) is 11.5 Å². The van der Waals surface area contributed by atoms with Crippen molar-refractivity contribution in [2.75, 3.05) is 0 Å². The van der Waals surface area contributed by atoms with Crippen molar-refractivity contribution in [3.8, 4) is 0 Å². The summed E-state index contributed by atoms with van der Waals surface area (Å²) < 4.78 is 0.553. The number of thioether (sulfide) groups is 2. The van der Waals surface area contributed by atoms with E-state index in [9.17, 15) is 0 Å². The van der Waals surface area contributed by atoms with E-state index in [1.165, 1.54) is 43.6 Å². The normalized spacial score (nSPS) is 23.8. The molecule has 1 saturated carbocycles. The van der Waals surface area contributed by atoms with Crippen LogP contribution >= 0.6 is 23.5 Å². The first-order valence-corrected chi connectivity index (χ1v) is 8.20. The van der Waals surface area contributed by atoms with Gasteiger partial charge in [0.2, 0.25) is 0 Å². The summed E-state index contributed by atoms with van der Waals surface area (Å²) in [7, 11) is 0. The molecule has 1 fully saturated rings. The van der Waals surface area contributed by atoms with Crippen molar-refractivity contribution in [3.05, 3.63) is 35.4 Å². The smallest absolute Gasteiger partial charge is 0.0617 e. The number of rotatable bonds is 0. The summed E-state index contributed by atoms with van der Waals surface area (Å²) in [5, 5.41) is 0. The van der Waals surface area contributed by atoms with Crippen LogP contribution in [0.4, 0.5) is 0 Å². The lowest BCUT2D eigenvalue weighted by Gasteiger charge is -2.35. The lowest BCUT2D eigenvalue weighted by atomic mass is 10.00. The molecule has 0 nitrogen and oxygen atoms in total. The maximum atomic E-state index is 2.31. The van der Waals surface area contributed by atoms with Crippen molar-refractivity contribution in [3.63, 3.8) is 0 Å². The Morgan fingerprint density at radius 3 is 1.94 bits per heavy atom. The highest BCUT2D eigenvalue weighted by Crippen LogP contribution is 2.52. The molecule has 0 bridgehead atoms. The molecule has 3 rings (SSSR count). The minimum Gasteiger partial charge on any atom is -0.139 e. The fraction of sp³-hybridized carbons (Fsp3) is 0.571. The second-order valence-electron chi connectivity index (χ2n) is 4.82. The van der Waals surface area contributed by atoms with Crippen LogP contribution in [0.2, 0.25) is 0 Å². The second-order valence-corrected chi connectivity index (χ2v) is 7.79. The van der Waals surface area contributed by atoms with E-state index in [-0.39, 0.29) is 0 Å². The Balaban J connectivity index is 1.81. The van der Waals surface area contributed by atoms with Crippen molar-refractivity contribution in [1.29, 1.82) is 0 Å². The lowest BCUT2D eigenvalue weighted by Crippen LogP contribution is -2.23. The fourth-order valence-corrected chi connectivity index (χ4v) is 5.92. The first kappa shape index (κ1) is 11.0. The molecule has 1 aliphatic carbocycles. The van der Waals surface area contributed by atoms with Crippen LogP contribution in [0.15, 0.2) is 24.3 Å². The largest absolute Gasteiger partial charge is 0.139 e. The van der Waals surface area contributed by atoms with Gasteiger partial charge in [0.25, 0.3) is 0 Å². The van der Waals surface area contributed by atoms with Crippen LogP contribution in [0.1, 0.15) is 43.2 Å². The third kappa shape index (κ3) is 2.14. The minimum absolute atomic E-state index is 0.553. The van der Waals surface area contributed by atoms with Gasteiger partial charge >= 0.3 is 0 Å². The van der Waals surface area contributed by atoms with Crippen molar-refractivity contribution in [1.82, 2.24) is 0 Å². The summed E-state index contributed by atoms with van der Waals surface area (Å²) in [5.74, 6) is 2.45. The highest BCUT2D eigenvalue weighted by Gasteiger charge is 2.34. The van der Waals surface area contributed by atoms with Gasteiger partial charge in [-0.2, -0.15) is 0 Å². The summed E-state index contributed by atoms with van der Waals surface area (Å²) in [6.45, 7) is 0. The van der Waals surface area contributed by atoms with Crippen LogP contribution in [0.3, 0.4) is 0 Å². The van der Waals surface area contributed by atoms with E-state index >= 15 is 0 Å². The Morgan fingerprint density at radius 2 is 1.38 bits per heavy atom. The molecule has 16 heavy (non-hydrogen) atoms. The van der Waals surface area contributed by atoms with Gasteiger partial charge in [-0.3, -0.25) is 0 Å². The van der Waals surface area contributed by atoms with E-state index < -0.39 is 0 Å². The van der Waals surface area contributed by atoms with Crippen LogP contribution in [0.25, 0.3) is 0 Å². The molecule has 1 aromatic carbocycles. The molecule has 0 N–H and O–H groups in total. The Bertz CT molecular complexity index is 338. The molecule has 0 unspecified atom stereocenters. The van der Waals surface area contributed by atoms with Crippen LogP contribution in [0, 0.1) is 0 Å². The standard InChI is InChI=1S/C14H18S2/c1-4-8-14(9-5-1)15-10-12-6-2-3-7-13(12)11-16-14/h2-3,6-7H,1,4-5,8-11H2.